The summed E-state index contributed by atoms with van der Waals surface area (Å²) < 4.78 is 6.51. The van der Waals surface area contributed by atoms with Gasteiger partial charge in [-0.15, -0.1) is 0 Å². The van der Waals surface area contributed by atoms with Gasteiger partial charge in [-0.25, -0.2) is 0 Å². The van der Waals surface area contributed by atoms with E-state index in [1.165, 1.54) is 10.6 Å². The number of ether oxygens (including phenoxy) is 1. The molecule has 0 saturated carbocycles. The molecule has 1 atom stereocenters. The number of likely N-dealkylation sites (tertiary alicyclic amines) is 1. The minimum atomic E-state index is -0.342. The minimum absolute atomic E-state index is 0.257. The van der Waals surface area contributed by atoms with Gasteiger partial charge in [0, 0.05) is 45.1 Å². The van der Waals surface area contributed by atoms with E-state index in [0.717, 1.165) is 11.3 Å². The summed E-state index contributed by atoms with van der Waals surface area (Å²) in [6.45, 7) is 2.91. The smallest absolute Gasteiger partial charge is 0.310 e. The summed E-state index contributed by atoms with van der Waals surface area (Å²) in [5.74, 6) is -0.897. The number of benzene rings is 1. The maximum absolute atomic E-state index is 13.5. The van der Waals surface area contributed by atoms with Crippen LogP contribution in [0.15, 0.2) is 53.5 Å². The molecule has 1 aromatic heterocycles. The van der Waals surface area contributed by atoms with Crippen LogP contribution in [0.5, 0.6) is 0 Å². The number of esters is 1. The van der Waals surface area contributed by atoms with Gasteiger partial charge in [0.1, 0.15) is 5.70 Å². The lowest BCUT2D eigenvalue weighted by atomic mass is 9.98. The number of piperidine rings is 1. The summed E-state index contributed by atoms with van der Waals surface area (Å²) in [4.78, 5) is 41.8. The molecule has 1 amide bonds. The first-order chi connectivity index (χ1) is 14.9. The molecule has 0 spiro atoms. The fourth-order valence-electron chi connectivity index (χ4n) is 3.66. The molecule has 0 bridgehead atoms. The van der Waals surface area contributed by atoms with Crippen molar-refractivity contribution < 1.29 is 14.3 Å². The van der Waals surface area contributed by atoms with Gasteiger partial charge in [0.15, 0.2) is 0 Å². The largest absolute Gasteiger partial charge is 0.466 e. The molecule has 2 heterocycles. The van der Waals surface area contributed by atoms with Crippen molar-refractivity contribution in [1.29, 1.82) is 0 Å². The average Bonchev–Trinajstić information content (AvgIpc) is 2.78. The summed E-state index contributed by atoms with van der Waals surface area (Å²) in [7, 11) is 3.92. The Kier molecular flexibility index (Phi) is 7.28. The van der Waals surface area contributed by atoms with Crippen molar-refractivity contribution in [3.05, 3.63) is 64.6 Å². The van der Waals surface area contributed by atoms with Crippen LogP contribution >= 0.6 is 0 Å². The van der Waals surface area contributed by atoms with E-state index in [9.17, 15) is 14.4 Å². The monoisotopic (exact) mass is 423 g/mol. The van der Waals surface area contributed by atoms with E-state index in [2.05, 4.69) is 0 Å². The van der Waals surface area contributed by atoms with Crippen LogP contribution in [0.25, 0.3) is 11.8 Å². The zero-order valence-corrected chi connectivity index (χ0v) is 18.3. The second kappa shape index (κ2) is 10.1. The van der Waals surface area contributed by atoms with Gasteiger partial charge in [-0.1, -0.05) is 18.2 Å². The van der Waals surface area contributed by atoms with Crippen molar-refractivity contribution in [3.8, 4) is 0 Å². The Bertz CT molecular complexity index is 1010. The maximum atomic E-state index is 13.5. The predicted octanol–water partition coefficient (Wildman–Crippen LogP) is 2.71. The molecule has 0 aliphatic carbocycles. The number of pyridine rings is 1. The van der Waals surface area contributed by atoms with Crippen molar-refractivity contribution in [3.63, 3.8) is 0 Å². The molecule has 0 radical (unpaired) electrons. The molecule has 1 unspecified atom stereocenters. The minimum Gasteiger partial charge on any atom is -0.466 e. The Morgan fingerprint density at radius 1 is 1.16 bits per heavy atom. The lowest BCUT2D eigenvalue weighted by Crippen LogP contribution is -2.44. The van der Waals surface area contributed by atoms with Crippen LogP contribution in [0.4, 0.5) is 5.69 Å². The van der Waals surface area contributed by atoms with Gasteiger partial charge in [-0.05, 0) is 49.6 Å². The second-order valence-electron chi connectivity index (χ2n) is 7.77. The SMILES string of the molecule is CCOC(=O)C1CCCN(C(=O)C(=Cc2ccc(N(C)C)cc2)n2ccccc2=O)C1. The lowest BCUT2D eigenvalue weighted by Gasteiger charge is -2.32. The molecule has 7 heteroatoms. The summed E-state index contributed by atoms with van der Waals surface area (Å²) >= 11 is 0. The van der Waals surface area contributed by atoms with Crippen LogP contribution in [-0.2, 0) is 14.3 Å². The summed E-state index contributed by atoms with van der Waals surface area (Å²) in [5.41, 5.74) is 1.82. The van der Waals surface area contributed by atoms with Crippen LogP contribution in [0.3, 0.4) is 0 Å². The van der Waals surface area contributed by atoms with Crippen LogP contribution in [0.2, 0.25) is 0 Å². The number of hydrogen-bond acceptors (Lipinski definition) is 5. The van der Waals surface area contributed by atoms with Crippen LogP contribution in [0.1, 0.15) is 25.3 Å². The van der Waals surface area contributed by atoms with Crippen LogP contribution in [-0.4, -0.2) is 55.1 Å². The number of anilines is 1. The van der Waals surface area contributed by atoms with E-state index in [0.29, 0.717) is 26.0 Å². The second-order valence-corrected chi connectivity index (χ2v) is 7.77. The zero-order valence-electron chi connectivity index (χ0n) is 18.3. The van der Waals surface area contributed by atoms with Crippen molar-refractivity contribution >= 4 is 29.3 Å². The number of amides is 1. The fraction of sp³-hybridized carbons (Fsp3) is 0.375. The molecule has 1 aromatic carbocycles. The highest BCUT2D eigenvalue weighted by molar-refractivity contribution is 6.18. The van der Waals surface area contributed by atoms with Gasteiger partial charge in [0.05, 0.1) is 12.5 Å². The van der Waals surface area contributed by atoms with E-state index in [4.69, 9.17) is 4.74 Å². The highest BCUT2D eigenvalue weighted by atomic mass is 16.5. The Balaban J connectivity index is 1.95. The summed E-state index contributed by atoms with van der Waals surface area (Å²) in [5, 5.41) is 0. The molecule has 7 nitrogen and oxygen atoms in total. The standard InChI is InChI=1S/C24H29N3O4/c1-4-31-24(30)19-8-7-14-26(17-19)23(29)21(27-15-6-5-9-22(27)28)16-18-10-12-20(13-11-18)25(2)3/h5-6,9-13,15-16,19H,4,7-8,14,17H2,1-3H3. The first kappa shape index (κ1) is 22.3. The molecule has 1 aliphatic heterocycles. The number of rotatable bonds is 6. The van der Waals surface area contributed by atoms with Crippen LogP contribution in [0, 0.1) is 5.92 Å². The molecule has 2 aromatic rings. The molecule has 31 heavy (non-hydrogen) atoms. The maximum Gasteiger partial charge on any atom is 0.310 e. The quantitative estimate of drug-likeness (QED) is 0.528. The number of aromatic nitrogens is 1. The van der Waals surface area contributed by atoms with Crippen LogP contribution < -0.4 is 10.5 Å². The van der Waals surface area contributed by atoms with E-state index in [1.54, 1.807) is 36.2 Å². The first-order valence-corrected chi connectivity index (χ1v) is 10.5. The lowest BCUT2D eigenvalue weighted by molar-refractivity contribution is -0.150. The Labute approximate surface area is 182 Å². The molecule has 164 valence electrons. The summed E-state index contributed by atoms with van der Waals surface area (Å²) in [6, 6.07) is 12.5. The van der Waals surface area contributed by atoms with Gasteiger partial charge in [-0.3, -0.25) is 19.0 Å². The zero-order chi connectivity index (χ0) is 22.4. The first-order valence-electron chi connectivity index (χ1n) is 10.5. The molecule has 1 fully saturated rings. The van der Waals surface area contributed by atoms with E-state index < -0.39 is 0 Å². The number of nitrogens with zero attached hydrogens (tertiary/aromatic N) is 3. The van der Waals surface area contributed by atoms with E-state index >= 15 is 0 Å². The van der Waals surface area contributed by atoms with Gasteiger partial charge in [0.2, 0.25) is 0 Å². The molecule has 1 aliphatic rings. The third kappa shape index (κ3) is 5.42. The van der Waals surface area contributed by atoms with Gasteiger partial charge in [0.25, 0.3) is 11.5 Å². The average molecular weight is 424 g/mol. The third-order valence-electron chi connectivity index (χ3n) is 5.34. The number of hydrogen-bond donors (Lipinski definition) is 0. The third-order valence-corrected chi connectivity index (χ3v) is 5.34. The van der Waals surface area contributed by atoms with Crippen molar-refractivity contribution in [1.82, 2.24) is 9.47 Å². The molecular formula is C24H29N3O4. The molecule has 3 rings (SSSR count). The number of carbonyl (C=O) groups excluding carboxylic acids is 2. The molecule has 1 saturated heterocycles. The highest BCUT2D eigenvalue weighted by Crippen LogP contribution is 2.22. The van der Waals surface area contributed by atoms with E-state index in [1.807, 2.05) is 43.3 Å². The normalized spacial score (nSPS) is 16.7. The Morgan fingerprint density at radius 2 is 1.90 bits per heavy atom. The van der Waals surface area contributed by atoms with Gasteiger partial charge < -0.3 is 14.5 Å². The fourth-order valence-corrected chi connectivity index (χ4v) is 3.66. The highest BCUT2D eigenvalue weighted by Gasteiger charge is 2.31. The van der Waals surface area contributed by atoms with E-state index in [-0.39, 0.29) is 35.6 Å². The van der Waals surface area contributed by atoms with Crippen molar-refractivity contribution in [2.75, 3.05) is 38.7 Å². The van der Waals surface area contributed by atoms with Crippen molar-refractivity contribution in [2.45, 2.75) is 19.8 Å². The predicted molar refractivity (Wildman–Crippen MR) is 122 cm³/mol. The molecule has 0 N–H and O–H groups in total. The number of carbonyl (C=O) groups is 2. The van der Waals surface area contributed by atoms with Gasteiger partial charge >= 0.3 is 5.97 Å². The Morgan fingerprint density at radius 3 is 2.55 bits per heavy atom. The molecular weight excluding hydrogens is 394 g/mol. The summed E-state index contributed by atoms with van der Waals surface area (Å²) in [6.07, 6.45) is 4.72. The van der Waals surface area contributed by atoms with Gasteiger partial charge in [-0.2, -0.15) is 0 Å². The Hall–Kier alpha value is -3.35. The topological polar surface area (TPSA) is 71.8 Å². The van der Waals surface area contributed by atoms with Crippen molar-refractivity contribution in [2.24, 2.45) is 5.92 Å².